The fourth-order valence-corrected chi connectivity index (χ4v) is 4.97. The summed E-state index contributed by atoms with van der Waals surface area (Å²) in [6.45, 7) is 3.50. The predicted octanol–water partition coefficient (Wildman–Crippen LogP) is 4.75. The van der Waals surface area contributed by atoms with Crippen LogP contribution >= 0.6 is 11.3 Å². The molecule has 5 rings (SSSR count). The van der Waals surface area contributed by atoms with E-state index in [1.165, 1.54) is 11.3 Å². The fourth-order valence-electron chi connectivity index (χ4n) is 4.03. The Morgan fingerprint density at radius 2 is 2.00 bits per heavy atom. The Kier molecular flexibility index (Phi) is 5.04. The van der Waals surface area contributed by atoms with Crippen LogP contribution in [0, 0.1) is 12.8 Å². The van der Waals surface area contributed by atoms with Gasteiger partial charge in [0, 0.05) is 25.1 Å². The Labute approximate surface area is 178 Å². The van der Waals surface area contributed by atoms with Crippen LogP contribution in [0.15, 0.2) is 53.1 Å². The third kappa shape index (κ3) is 3.73. The van der Waals surface area contributed by atoms with Crippen LogP contribution in [0.25, 0.3) is 21.6 Å². The third-order valence-electron chi connectivity index (χ3n) is 5.60. The van der Waals surface area contributed by atoms with Gasteiger partial charge in [0.1, 0.15) is 0 Å². The monoisotopic (exact) mass is 418 g/mol. The second-order valence-corrected chi connectivity index (χ2v) is 8.81. The van der Waals surface area contributed by atoms with Gasteiger partial charge in [0.05, 0.1) is 10.2 Å². The summed E-state index contributed by atoms with van der Waals surface area (Å²) in [5.74, 6) is 1.59. The van der Waals surface area contributed by atoms with Gasteiger partial charge in [0.15, 0.2) is 5.01 Å². The van der Waals surface area contributed by atoms with Crippen molar-refractivity contribution in [2.24, 2.45) is 5.92 Å². The topological polar surface area (TPSA) is 72.1 Å². The first-order valence-electron chi connectivity index (χ1n) is 10.2. The van der Waals surface area contributed by atoms with Crippen molar-refractivity contribution in [1.82, 2.24) is 20.0 Å². The maximum absolute atomic E-state index is 13.0. The molecule has 1 aliphatic heterocycles. The lowest BCUT2D eigenvalue weighted by Gasteiger charge is -2.31. The molecule has 1 aliphatic rings. The number of carbonyl (C=O) groups excluding carboxylic acids is 1. The molecule has 30 heavy (non-hydrogen) atoms. The van der Waals surface area contributed by atoms with Crippen molar-refractivity contribution in [3.8, 4) is 11.4 Å². The molecule has 0 saturated carbocycles. The summed E-state index contributed by atoms with van der Waals surface area (Å²) >= 11 is 1.46. The molecule has 2 aromatic carbocycles. The van der Waals surface area contributed by atoms with Gasteiger partial charge < -0.3 is 9.42 Å². The number of rotatable bonds is 4. The molecule has 6 nitrogen and oxygen atoms in total. The second-order valence-electron chi connectivity index (χ2n) is 7.78. The predicted molar refractivity (Wildman–Crippen MR) is 116 cm³/mol. The maximum Gasteiger partial charge on any atom is 0.282 e. The molecule has 4 aromatic rings. The molecule has 2 aromatic heterocycles. The number of hydrogen-bond acceptors (Lipinski definition) is 6. The smallest absolute Gasteiger partial charge is 0.282 e. The van der Waals surface area contributed by atoms with Crippen molar-refractivity contribution in [2.75, 3.05) is 13.1 Å². The Morgan fingerprint density at radius 1 is 1.17 bits per heavy atom. The molecule has 0 aliphatic carbocycles. The second kappa shape index (κ2) is 7.99. The third-order valence-corrected chi connectivity index (χ3v) is 6.62. The van der Waals surface area contributed by atoms with Gasteiger partial charge in [-0.25, -0.2) is 4.98 Å². The molecule has 0 spiro atoms. The van der Waals surface area contributed by atoms with Crippen LogP contribution in [0.4, 0.5) is 0 Å². The van der Waals surface area contributed by atoms with Gasteiger partial charge in [0.2, 0.25) is 11.7 Å². The van der Waals surface area contributed by atoms with Gasteiger partial charge in [-0.3, -0.25) is 4.79 Å². The SMILES string of the molecule is Cc1ccccc1-c1noc(C[C@H]2CCCN(C(=O)c3nc4ccccc4s3)C2)n1. The number of para-hydroxylation sites is 1. The minimum atomic E-state index is 0.0204. The van der Waals surface area contributed by atoms with Crippen LogP contribution in [0.5, 0.6) is 0 Å². The highest BCUT2D eigenvalue weighted by Gasteiger charge is 2.28. The molecule has 1 atom stereocenters. The summed E-state index contributed by atoms with van der Waals surface area (Å²) in [6.07, 6.45) is 2.70. The standard InChI is InChI=1S/C23H22N4O2S/c1-15-7-2-3-9-17(15)21-25-20(29-26-21)13-16-8-6-12-27(14-16)23(28)22-24-18-10-4-5-11-19(18)30-22/h2-5,7,9-11,16H,6,8,12-14H2,1H3/t16-/m1/s1. The number of thiazole rings is 1. The summed E-state index contributed by atoms with van der Waals surface area (Å²) in [5.41, 5.74) is 2.99. The summed E-state index contributed by atoms with van der Waals surface area (Å²) in [7, 11) is 0. The summed E-state index contributed by atoms with van der Waals surface area (Å²) in [4.78, 5) is 24.1. The van der Waals surface area contributed by atoms with E-state index in [1.807, 2.05) is 60.4 Å². The zero-order valence-electron chi connectivity index (χ0n) is 16.7. The van der Waals surface area contributed by atoms with Crippen molar-refractivity contribution in [2.45, 2.75) is 26.2 Å². The zero-order valence-corrected chi connectivity index (χ0v) is 17.6. The largest absolute Gasteiger partial charge is 0.339 e. The Morgan fingerprint density at radius 3 is 2.87 bits per heavy atom. The van der Waals surface area contributed by atoms with Gasteiger partial charge >= 0.3 is 0 Å². The van der Waals surface area contributed by atoms with E-state index in [9.17, 15) is 4.79 Å². The first-order chi connectivity index (χ1) is 14.7. The quantitative estimate of drug-likeness (QED) is 0.478. The van der Waals surface area contributed by atoms with Gasteiger partial charge in [-0.2, -0.15) is 4.98 Å². The van der Waals surface area contributed by atoms with E-state index in [-0.39, 0.29) is 5.91 Å². The molecule has 0 N–H and O–H groups in total. The van der Waals surface area contributed by atoms with Gasteiger partial charge in [-0.1, -0.05) is 41.6 Å². The summed E-state index contributed by atoms with van der Waals surface area (Å²) in [5, 5.41) is 4.73. The van der Waals surface area contributed by atoms with Crippen molar-refractivity contribution in [3.05, 3.63) is 65.0 Å². The van der Waals surface area contributed by atoms with E-state index >= 15 is 0 Å². The van der Waals surface area contributed by atoms with Crippen molar-refractivity contribution in [3.63, 3.8) is 0 Å². The number of aromatic nitrogens is 3. The number of nitrogens with zero attached hydrogens (tertiary/aromatic N) is 4. The highest BCUT2D eigenvalue weighted by atomic mass is 32.1. The molecule has 0 radical (unpaired) electrons. The van der Waals surface area contributed by atoms with Gasteiger partial charge in [-0.15, -0.1) is 11.3 Å². The van der Waals surface area contributed by atoms with E-state index < -0.39 is 0 Å². The number of likely N-dealkylation sites (tertiary alicyclic amines) is 1. The van der Waals surface area contributed by atoms with E-state index in [2.05, 4.69) is 15.1 Å². The van der Waals surface area contributed by atoms with Crippen molar-refractivity contribution >= 4 is 27.5 Å². The molecule has 3 heterocycles. The maximum atomic E-state index is 13.0. The van der Waals surface area contributed by atoms with Gasteiger partial charge in [0.25, 0.3) is 5.91 Å². The summed E-state index contributed by atoms with van der Waals surface area (Å²) < 4.78 is 6.57. The van der Waals surface area contributed by atoms with Crippen molar-refractivity contribution < 1.29 is 9.32 Å². The van der Waals surface area contributed by atoms with Crippen LogP contribution in [0.2, 0.25) is 0 Å². The number of carbonyl (C=O) groups is 1. The van der Waals surface area contributed by atoms with E-state index in [0.717, 1.165) is 40.7 Å². The van der Waals surface area contributed by atoms with Crippen LogP contribution in [-0.2, 0) is 6.42 Å². The molecule has 1 amide bonds. The number of piperidine rings is 1. The molecule has 152 valence electrons. The number of benzene rings is 2. The van der Waals surface area contributed by atoms with E-state index in [4.69, 9.17) is 4.52 Å². The highest BCUT2D eigenvalue weighted by molar-refractivity contribution is 7.20. The number of aryl methyl sites for hydroxylation is 1. The summed E-state index contributed by atoms with van der Waals surface area (Å²) in [6, 6.07) is 15.9. The molecule has 1 fully saturated rings. The van der Waals surface area contributed by atoms with E-state index in [1.54, 1.807) is 0 Å². The minimum absolute atomic E-state index is 0.0204. The first kappa shape index (κ1) is 18.9. The van der Waals surface area contributed by atoms with E-state index in [0.29, 0.717) is 35.6 Å². The fraction of sp³-hybridized carbons (Fsp3) is 0.304. The molecule has 0 bridgehead atoms. The number of amides is 1. The van der Waals surface area contributed by atoms with Crippen LogP contribution < -0.4 is 0 Å². The van der Waals surface area contributed by atoms with Crippen LogP contribution in [0.1, 0.15) is 34.1 Å². The molecule has 1 saturated heterocycles. The molecular formula is C23H22N4O2S. The zero-order chi connectivity index (χ0) is 20.5. The lowest BCUT2D eigenvalue weighted by molar-refractivity contribution is 0.0668. The lowest BCUT2D eigenvalue weighted by Crippen LogP contribution is -2.40. The average Bonchev–Trinajstić information content (AvgIpc) is 3.41. The first-order valence-corrected chi connectivity index (χ1v) is 11.0. The number of fused-ring (bicyclic) bond motifs is 1. The normalized spacial score (nSPS) is 16.8. The minimum Gasteiger partial charge on any atom is -0.339 e. The van der Waals surface area contributed by atoms with Crippen LogP contribution in [-0.4, -0.2) is 39.0 Å². The Bertz CT molecular complexity index is 1170. The Balaban J connectivity index is 1.28. The lowest BCUT2D eigenvalue weighted by atomic mass is 9.94. The molecular weight excluding hydrogens is 396 g/mol. The Hall–Kier alpha value is -3.06. The highest BCUT2D eigenvalue weighted by Crippen LogP contribution is 2.27. The van der Waals surface area contributed by atoms with Gasteiger partial charge in [-0.05, 0) is 43.4 Å². The van der Waals surface area contributed by atoms with Crippen LogP contribution in [0.3, 0.4) is 0 Å². The average molecular weight is 419 g/mol. The molecule has 7 heteroatoms. The number of hydrogen-bond donors (Lipinski definition) is 0. The molecule has 0 unspecified atom stereocenters. The van der Waals surface area contributed by atoms with Crippen molar-refractivity contribution in [1.29, 1.82) is 0 Å².